The molecule has 2 rings (SSSR count). The van der Waals surface area contributed by atoms with E-state index in [-0.39, 0.29) is 16.0 Å². The topological polar surface area (TPSA) is 55.1 Å². The molecule has 0 saturated heterocycles. The summed E-state index contributed by atoms with van der Waals surface area (Å²) in [6.07, 6.45) is 0. The molecule has 1 amide bonds. The first kappa shape index (κ1) is 14.2. The molecule has 2 aromatic rings. The first-order valence-electron chi connectivity index (χ1n) is 5.55. The van der Waals surface area contributed by atoms with Gasteiger partial charge in [0.05, 0.1) is 22.2 Å². The van der Waals surface area contributed by atoms with Crippen LogP contribution in [0.1, 0.15) is 20.1 Å². The number of nitrogens with two attached hydrogens (primary N) is 1. The number of halogens is 2. The Labute approximate surface area is 125 Å². The molecule has 0 aliphatic carbocycles. The lowest BCUT2D eigenvalue weighted by Gasteiger charge is -2.08. The zero-order chi connectivity index (χ0) is 14.0. The summed E-state index contributed by atoms with van der Waals surface area (Å²) >= 11 is 13.5. The second-order valence-corrected chi connectivity index (χ2v) is 6.22. The van der Waals surface area contributed by atoms with E-state index in [4.69, 9.17) is 28.9 Å². The van der Waals surface area contributed by atoms with Gasteiger partial charge in [0.2, 0.25) is 0 Å². The largest absolute Gasteiger partial charge is 0.399 e. The summed E-state index contributed by atoms with van der Waals surface area (Å²) in [5, 5.41) is 3.29. The fourth-order valence-corrected chi connectivity index (χ4v) is 2.87. The Bertz CT molecular complexity index is 625. The molecular weight excluding hydrogens is 303 g/mol. The average molecular weight is 315 g/mol. The molecule has 100 valence electrons. The normalized spacial score (nSPS) is 10.5. The average Bonchev–Trinajstić information content (AvgIpc) is 2.76. The molecule has 0 spiro atoms. The van der Waals surface area contributed by atoms with E-state index in [1.807, 2.05) is 19.1 Å². The molecule has 0 fully saturated rings. The van der Waals surface area contributed by atoms with Crippen LogP contribution in [0.5, 0.6) is 0 Å². The van der Waals surface area contributed by atoms with Gasteiger partial charge in [0, 0.05) is 15.4 Å². The van der Waals surface area contributed by atoms with Crippen LogP contribution >= 0.6 is 34.5 Å². The van der Waals surface area contributed by atoms with Crippen molar-refractivity contribution in [1.29, 1.82) is 0 Å². The van der Waals surface area contributed by atoms with Crippen LogP contribution in [-0.4, -0.2) is 5.91 Å². The van der Waals surface area contributed by atoms with Gasteiger partial charge < -0.3 is 11.1 Å². The van der Waals surface area contributed by atoms with Crippen molar-refractivity contribution in [2.45, 2.75) is 13.5 Å². The first-order chi connectivity index (χ1) is 8.97. The predicted octanol–water partition coefficient (Wildman–Crippen LogP) is 3.88. The summed E-state index contributed by atoms with van der Waals surface area (Å²) in [4.78, 5) is 14.3. The first-order valence-corrected chi connectivity index (χ1v) is 7.12. The summed E-state index contributed by atoms with van der Waals surface area (Å²) in [5.41, 5.74) is 6.36. The second kappa shape index (κ2) is 5.82. The number of hydrogen-bond donors (Lipinski definition) is 2. The van der Waals surface area contributed by atoms with Gasteiger partial charge in [0.25, 0.3) is 5.91 Å². The van der Waals surface area contributed by atoms with Gasteiger partial charge in [-0.1, -0.05) is 23.2 Å². The minimum Gasteiger partial charge on any atom is -0.399 e. The van der Waals surface area contributed by atoms with Gasteiger partial charge in [0.1, 0.15) is 0 Å². The van der Waals surface area contributed by atoms with E-state index in [9.17, 15) is 4.79 Å². The maximum atomic E-state index is 12.0. The Morgan fingerprint density at radius 2 is 2.11 bits per heavy atom. The van der Waals surface area contributed by atoms with E-state index < -0.39 is 0 Å². The highest BCUT2D eigenvalue weighted by Crippen LogP contribution is 2.28. The summed E-state index contributed by atoms with van der Waals surface area (Å²) < 4.78 is 0. The maximum Gasteiger partial charge on any atom is 0.253 e. The SMILES string of the molecule is Cc1ccc(CNC(=O)c2cc(N)cc(Cl)c2Cl)s1. The molecule has 6 heteroatoms. The highest BCUT2D eigenvalue weighted by atomic mass is 35.5. The maximum absolute atomic E-state index is 12.0. The Hall–Kier alpha value is -1.23. The number of thiophene rings is 1. The monoisotopic (exact) mass is 314 g/mol. The van der Waals surface area contributed by atoms with Crippen LogP contribution in [0.4, 0.5) is 5.69 Å². The fraction of sp³-hybridized carbons (Fsp3) is 0.154. The van der Waals surface area contributed by atoms with Crippen molar-refractivity contribution in [1.82, 2.24) is 5.32 Å². The molecule has 0 bridgehead atoms. The van der Waals surface area contributed by atoms with Crippen LogP contribution in [0.3, 0.4) is 0 Å². The summed E-state index contributed by atoms with van der Waals surface area (Å²) in [6, 6.07) is 7.03. The van der Waals surface area contributed by atoms with Gasteiger partial charge in [-0.2, -0.15) is 0 Å². The van der Waals surface area contributed by atoms with E-state index in [2.05, 4.69) is 5.32 Å². The van der Waals surface area contributed by atoms with Crippen molar-refractivity contribution in [2.75, 3.05) is 5.73 Å². The van der Waals surface area contributed by atoms with Crippen molar-refractivity contribution in [2.24, 2.45) is 0 Å². The molecule has 1 heterocycles. The zero-order valence-electron chi connectivity index (χ0n) is 10.2. The van der Waals surface area contributed by atoms with Gasteiger partial charge in [-0.25, -0.2) is 0 Å². The predicted molar refractivity (Wildman–Crippen MR) is 81.1 cm³/mol. The lowest BCUT2D eigenvalue weighted by molar-refractivity contribution is 0.0951. The zero-order valence-corrected chi connectivity index (χ0v) is 12.5. The number of anilines is 1. The summed E-state index contributed by atoms with van der Waals surface area (Å²) in [5.74, 6) is -0.287. The molecule has 3 N–H and O–H groups in total. The molecule has 1 aromatic heterocycles. The second-order valence-electron chi connectivity index (χ2n) is 4.06. The number of nitrogens with one attached hydrogen (secondary N) is 1. The number of rotatable bonds is 3. The molecule has 0 radical (unpaired) electrons. The Morgan fingerprint density at radius 1 is 1.37 bits per heavy atom. The van der Waals surface area contributed by atoms with Gasteiger partial charge >= 0.3 is 0 Å². The third-order valence-electron chi connectivity index (χ3n) is 2.51. The highest BCUT2D eigenvalue weighted by molar-refractivity contribution is 7.11. The quantitative estimate of drug-likeness (QED) is 0.845. The lowest BCUT2D eigenvalue weighted by atomic mass is 10.2. The number of nitrogen functional groups attached to an aromatic ring is 1. The molecular formula is C13H12Cl2N2OS. The highest BCUT2D eigenvalue weighted by Gasteiger charge is 2.14. The molecule has 0 aliphatic heterocycles. The molecule has 3 nitrogen and oxygen atoms in total. The van der Waals surface area contributed by atoms with E-state index in [1.165, 1.54) is 17.0 Å². The van der Waals surface area contributed by atoms with Gasteiger partial charge in [-0.05, 0) is 31.2 Å². The van der Waals surface area contributed by atoms with E-state index >= 15 is 0 Å². The molecule has 0 atom stereocenters. The van der Waals surface area contributed by atoms with E-state index in [0.29, 0.717) is 17.8 Å². The van der Waals surface area contributed by atoms with Crippen molar-refractivity contribution < 1.29 is 4.79 Å². The van der Waals surface area contributed by atoms with Crippen molar-refractivity contribution in [3.8, 4) is 0 Å². The molecule has 0 aliphatic rings. The minimum absolute atomic E-state index is 0.218. The molecule has 0 saturated carbocycles. The van der Waals surface area contributed by atoms with Gasteiger partial charge in [-0.3, -0.25) is 4.79 Å². The van der Waals surface area contributed by atoms with Crippen LogP contribution in [0.15, 0.2) is 24.3 Å². The third kappa shape index (κ3) is 3.41. The fourth-order valence-electron chi connectivity index (χ4n) is 1.62. The Kier molecular flexibility index (Phi) is 4.34. The van der Waals surface area contributed by atoms with Crippen LogP contribution in [-0.2, 0) is 6.54 Å². The van der Waals surface area contributed by atoms with Gasteiger partial charge in [-0.15, -0.1) is 11.3 Å². The number of aryl methyl sites for hydroxylation is 1. The minimum atomic E-state index is -0.287. The molecule has 19 heavy (non-hydrogen) atoms. The number of amides is 1. The van der Waals surface area contributed by atoms with Crippen LogP contribution < -0.4 is 11.1 Å². The Balaban J connectivity index is 2.12. The van der Waals surface area contributed by atoms with Gasteiger partial charge in [0.15, 0.2) is 0 Å². The third-order valence-corrected chi connectivity index (χ3v) is 4.32. The van der Waals surface area contributed by atoms with Crippen LogP contribution in [0.2, 0.25) is 10.0 Å². The van der Waals surface area contributed by atoms with Crippen LogP contribution in [0, 0.1) is 6.92 Å². The van der Waals surface area contributed by atoms with E-state index in [1.54, 1.807) is 11.3 Å². The number of benzene rings is 1. The summed E-state index contributed by atoms with van der Waals surface area (Å²) in [7, 11) is 0. The van der Waals surface area contributed by atoms with Crippen molar-refractivity contribution in [3.05, 3.63) is 49.6 Å². The van der Waals surface area contributed by atoms with Crippen molar-refractivity contribution in [3.63, 3.8) is 0 Å². The lowest BCUT2D eigenvalue weighted by Crippen LogP contribution is -2.22. The summed E-state index contributed by atoms with van der Waals surface area (Å²) in [6.45, 7) is 2.48. The number of hydrogen-bond acceptors (Lipinski definition) is 3. The smallest absolute Gasteiger partial charge is 0.253 e. The van der Waals surface area contributed by atoms with Crippen LogP contribution in [0.25, 0.3) is 0 Å². The Morgan fingerprint density at radius 3 is 2.74 bits per heavy atom. The number of carbonyl (C=O) groups is 1. The molecule has 0 unspecified atom stereocenters. The standard InChI is InChI=1S/C13H12Cl2N2OS/c1-7-2-3-9(19-7)6-17-13(18)10-4-8(16)5-11(14)12(10)15/h2-5H,6,16H2,1H3,(H,17,18). The van der Waals surface area contributed by atoms with E-state index in [0.717, 1.165) is 4.88 Å². The number of carbonyl (C=O) groups excluding carboxylic acids is 1. The molecule has 1 aromatic carbocycles. The van der Waals surface area contributed by atoms with Crippen molar-refractivity contribution >= 4 is 46.1 Å².